The van der Waals surface area contributed by atoms with E-state index in [9.17, 15) is 24.3 Å². The molecule has 1 N–H and O–H groups in total. The van der Waals surface area contributed by atoms with Gasteiger partial charge in [-0.2, -0.15) is 0 Å². The SMILES string of the molecule is CCCC(=O)OCC(=O)[C@@]1(OC(=O)CC)[C@H](C)C[C@H]2[C@@H]3CCC4=CC(=O)C=C[C@]4(C)[C@@]3(F)[C@@H](O)C[C@@]21C. The van der Waals surface area contributed by atoms with Gasteiger partial charge in [0.25, 0.3) is 0 Å². The van der Waals surface area contributed by atoms with Gasteiger partial charge in [0.05, 0.1) is 6.10 Å². The lowest BCUT2D eigenvalue weighted by Gasteiger charge is -2.62. The fourth-order valence-electron chi connectivity index (χ4n) is 8.18. The fourth-order valence-corrected chi connectivity index (χ4v) is 8.18. The largest absolute Gasteiger partial charge is 0.457 e. The topological polar surface area (TPSA) is 107 Å². The maximum atomic E-state index is 17.4. The van der Waals surface area contributed by atoms with Gasteiger partial charge in [0.1, 0.15) is 0 Å². The van der Waals surface area contributed by atoms with Crippen LogP contribution in [0.4, 0.5) is 4.39 Å². The number of esters is 2. The summed E-state index contributed by atoms with van der Waals surface area (Å²) in [5.41, 5.74) is -5.26. The molecule has 0 heterocycles. The number of carbonyl (C=O) groups excluding carboxylic acids is 4. The van der Waals surface area contributed by atoms with Gasteiger partial charge in [0, 0.05) is 35.5 Å². The van der Waals surface area contributed by atoms with Crippen molar-refractivity contribution in [2.24, 2.45) is 28.6 Å². The van der Waals surface area contributed by atoms with Crippen LogP contribution in [0.5, 0.6) is 0 Å². The number of allylic oxidation sites excluding steroid dienone is 4. The van der Waals surface area contributed by atoms with Crippen LogP contribution in [0.3, 0.4) is 0 Å². The zero-order chi connectivity index (χ0) is 27.4. The van der Waals surface area contributed by atoms with Crippen LogP contribution in [0, 0.1) is 28.6 Å². The van der Waals surface area contributed by atoms with Gasteiger partial charge in [0.15, 0.2) is 23.7 Å². The molecule has 4 aliphatic carbocycles. The summed E-state index contributed by atoms with van der Waals surface area (Å²) >= 11 is 0. The van der Waals surface area contributed by atoms with E-state index in [4.69, 9.17) is 9.47 Å². The van der Waals surface area contributed by atoms with Crippen molar-refractivity contribution in [3.05, 3.63) is 23.8 Å². The summed E-state index contributed by atoms with van der Waals surface area (Å²) in [6.45, 7) is 8.29. The van der Waals surface area contributed by atoms with Gasteiger partial charge in [-0.3, -0.25) is 19.2 Å². The molecule has 0 spiro atoms. The van der Waals surface area contributed by atoms with Crippen LogP contribution in [-0.4, -0.2) is 52.6 Å². The summed E-state index contributed by atoms with van der Waals surface area (Å²) in [6, 6.07) is 0. The zero-order valence-electron chi connectivity index (χ0n) is 22.5. The quantitative estimate of drug-likeness (QED) is 0.503. The number of aliphatic hydroxyl groups is 1. The van der Waals surface area contributed by atoms with E-state index < -0.39 is 64.4 Å². The van der Waals surface area contributed by atoms with Crippen molar-refractivity contribution in [2.75, 3.05) is 6.61 Å². The summed E-state index contributed by atoms with van der Waals surface area (Å²) in [7, 11) is 0. The standard InChI is InChI=1S/C29H39FO7/c1-6-8-25(35)36-16-23(33)29(37-24(34)7-2)17(3)13-21-20-10-9-18-14-19(31)11-12-26(18,4)28(20,30)22(32)15-27(21,29)5/h11-12,14,17,20-22,32H,6-10,13,15-16H2,1-5H3/t17-,20+,21+,22+,26+,27+,28+,29+/m1/s1. The molecule has 0 aromatic carbocycles. The number of ether oxygens (including phenoxy) is 2. The Labute approximate surface area is 217 Å². The molecular formula is C29H39FO7. The first-order chi connectivity index (χ1) is 17.3. The minimum Gasteiger partial charge on any atom is -0.457 e. The van der Waals surface area contributed by atoms with Crippen molar-refractivity contribution in [3.8, 4) is 0 Å². The highest BCUT2D eigenvalue weighted by Gasteiger charge is 2.77. The highest BCUT2D eigenvalue weighted by molar-refractivity contribution is 6.01. The van der Waals surface area contributed by atoms with Crippen molar-refractivity contribution in [2.45, 2.75) is 96.9 Å². The molecule has 0 aliphatic heterocycles. The molecule has 37 heavy (non-hydrogen) atoms. The first kappa shape index (κ1) is 27.7. The van der Waals surface area contributed by atoms with Crippen molar-refractivity contribution in [1.29, 1.82) is 0 Å². The third kappa shape index (κ3) is 3.76. The maximum Gasteiger partial charge on any atom is 0.306 e. The van der Waals surface area contributed by atoms with E-state index in [0.717, 1.165) is 0 Å². The van der Waals surface area contributed by atoms with Gasteiger partial charge < -0.3 is 14.6 Å². The highest BCUT2D eigenvalue weighted by atomic mass is 19.1. The van der Waals surface area contributed by atoms with Crippen molar-refractivity contribution < 1.29 is 38.1 Å². The van der Waals surface area contributed by atoms with Crippen LogP contribution in [-0.2, 0) is 28.7 Å². The summed E-state index contributed by atoms with van der Waals surface area (Å²) < 4.78 is 28.7. The molecule has 4 aliphatic rings. The van der Waals surface area contributed by atoms with Crippen LogP contribution in [0.1, 0.15) is 79.6 Å². The predicted octanol–water partition coefficient (Wildman–Crippen LogP) is 4.21. The Morgan fingerprint density at radius 3 is 2.51 bits per heavy atom. The van der Waals surface area contributed by atoms with Gasteiger partial charge in [-0.05, 0) is 57.1 Å². The number of hydrogen-bond donors (Lipinski definition) is 1. The molecule has 0 aromatic heterocycles. The number of aliphatic hydroxyl groups excluding tert-OH is 1. The van der Waals surface area contributed by atoms with E-state index in [1.165, 1.54) is 12.2 Å². The molecule has 3 saturated carbocycles. The van der Waals surface area contributed by atoms with Crippen LogP contribution in [0.15, 0.2) is 23.8 Å². The van der Waals surface area contributed by atoms with Crippen molar-refractivity contribution >= 4 is 23.5 Å². The van der Waals surface area contributed by atoms with E-state index in [0.29, 0.717) is 31.3 Å². The molecule has 0 saturated heterocycles. The van der Waals surface area contributed by atoms with E-state index in [2.05, 4.69) is 0 Å². The Hall–Kier alpha value is -2.35. The molecule has 0 aromatic rings. The number of rotatable bonds is 7. The van der Waals surface area contributed by atoms with Crippen LogP contribution in [0.2, 0.25) is 0 Å². The van der Waals surface area contributed by atoms with Gasteiger partial charge in [-0.15, -0.1) is 0 Å². The Balaban J connectivity index is 1.77. The van der Waals surface area contributed by atoms with E-state index >= 15 is 4.39 Å². The number of alkyl halides is 1. The lowest BCUT2D eigenvalue weighted by molar-refractivity contribution is -0.228. The van der Waals surface area contributed by atoms with Gasteiger partial charge >= 0.3 is 11.9 Å². The molecule has 204 valence electrons. The average Bonchev–Trinajstić information content (AvgIpc) is 3.06. The highest BCUT2D eigenvalue weighted by Crippen LogP contribution is 2.71. The molecule has 0 amide bonds. The second-order valence-electron chi connectivity index (χ2n) is 11.8. The summed E-state index contributed by atoms with van der Waals surface area (Å²) in [6.07, 6.45) is 4.97. The molecule has 0 bridgehead atoms. The molecule has 3 fully saturated rings. The molecule has 0 radical (unpaired) electrons. The number of carbonyl (C=O) groups is 4. The predicted molar refractivity (Wildman–Crippen MR) is 133 cm³/mol. The number of ketones is 2. The molecule has 8 heteroatoms. The average molecular weight is 519 g/mol. The number of Topliss-reactive ketones (excluding diaryl/α,β-unsaturated/α-hetero) is 1. The van der Waals surface area contributed by atoms with Crippen molar-refractivity contribution in [3.63, 3.8) is 0 Å². The van der Waals surface area contributed by atoms with E-state index in [1.807, 2.05) is 20.8 Å². The molecular weight excluding hydrogens is 479 g/mol. The zero-order valence-corrected chi connectivity index (χ0v) is 22.5. The molecule has 8 atom stereocenters. The third-order valence-corrected chi connectivity index (χ3v) is 9.98. The first-order valence-electron chi connectivity index (χ1n) is 13.5. The lowest BCUT2D eigenvalue weighted by Crippen LogP contribution is -2.70. The monoisotopic (exact) mass is 518 g/mol. The minimum atomic E-state index is -2.06. The van der Waals surface area contributed by atoms with Crippen LogP contribution >= 0.6 is 0 Å². The third-order valence-electron chi connectivity index (χ3n) is 9.98. The summed E-state index contributed by atoms with van der Waals surface area (Å²) in [4.78, 5) is 50.7. The summed E-state index contributed by atoms with van der Waals surface area (Å²) in [5, 5.41) is 11.6. The first-order valence-corrected chi connectivity index (χ1v) is 13.5. The van der Waals surface area contributed by atoms with Crippen LogP contribution < -0.4 is 0 Å². The molecule has 0 unspecified atom stereocenters. The van der Waals surface area contributed by atoms with E-state index in [-0.39, 0.29) is 31.0 Å². The molecule has 7 nitrogen and oxygen atoms in total. The Bertz CT molecular complexity index is 1060. The maximum absolute atomic E-state index is 17.4. The molecule has 4 rings (SSSR count). The minimum absolute atomic E-state index is 0.0438. The van der Waals surface area contributed by atoms with Gasteiger partial charge in [0.2, 0.25) is 5.78 Å². The Morgan fingerprint density at radius 1 is 1.16 bits per heavy atom. The van der Waals surface area contributed by atoms with Gasteiger partial charge in [-0.1, -0.05) is 39.3 Å². The fraction of sp³-hybridized carbons (Fsp3) is 0.724. The summed E-state index contributed by atoms with van der Waals surface area (Å²) in [5.74, 6) is -3.26. The normalized spacial score (nSPS) is 42.2. The van der Waals surface area contributed by atoms with E-state index in [1.54, 1.807) is 19.9 Å². The second-order valence-corrected chi connectivity index (χ2v) is 11.8. The Kier molecular flexibility index (Phi) is 7.06. The number of hydrogen-bond acceptors (Lipinski definition) is 7. The number of halogens is 1. The van der Waals surface area contributed by atoms with Crippen LogP contribution in [0.25, 0.3) is 0 Å². The van der Waals surface area contributed by atoms with Crippen molar-refractivity contribution in [1.82, 2.24) is 0 Å². The second kappa shape index (κ2) is 9.44. The van der Waals surface area contributed by atoms with Gasteiger partial charge in [-0.25, -0.2) is 4.39 Å². The smallest absolute Gasteiger partial charge is 0.306 e. The lowest BCUT2D eigenvalue weighted by atomic mass is 9.44. The number of fused-ring (bicyclic) bond motifs is 5. The Morgan fingerprint density at radius 2 is 1.86 bits per heavy atom.